The molecule has 1 heterocycles. The van der Waals surface area contributed by atoms with Crippen molar-refractivity contribution < 1.29 is 9.13 Å². The highest BCUT2D eigenvalue weighted by Crippen LogP contribution is 2.21. The summed E-state index contributed by atoms with van der Waals surface area (Å²) in [6, 6.07) is 10.2. The van der Waals surface area contributed by atoms with Gasteiger partial charge in [0.25, 0.3) is 0 Å². The summed E-state index contributed by atoms with van der Waals surface area (Å²) in [5.41, 5.74) is 2.33. The average molecular weight is 217 g/mol. The summed E-state index contributed by atoms with van der Waals surface area (Å²) in [6.45, 7) is 4.03. The monoisotopic (exact) mass is 217 g/mol. The van der Waals surface area contributed by atoms with E-state index in [1.165, 1.54) is 11.6 Å². The van der Waals surface area contributed by atoms with E-state index >= 15 is 0 Å². The van der Waals surface area contributed by atoms with Gasteiger partial charge in [-0.1, -0.05) is 12.1 Å². The fourth-order valence-corrected chi connectivity index (χ4v) is 1.34. The van der Waals surface area contributed by atoms with Crippen LogP contribution in [-0.4, -0.2) is 4.98 Å². The van der Waals surface area contributed by atoms with Crippen LogP contribution in [0.3, 0.4) is 0 Å². The van der Waals surface area contributed by atoms with Gasteiger partial charge < -0.3 is 4.74 Å². The Kier molecular flexibility index (Phi) is 2.86. The van der Waals surface area contributed by atoms with Crippen LogP contribution >= 0.6 is 0 Å². The molecule has 0 atom stereocenters. The first-order valence-corrected chi connectivity index (χ1v) is 5.03. The van der Waals surface area contributed by atoms with Gasteiger partial charge in [-0.25, -0.2) is 0 Å². The number of aryl methyl sites for hydroxylation is 2. The van der Waals surface area contributed by atoms with Crippen molar-refractivity contribution in [2.24, 2.45) is 0 Å². The van der Waals surface area contributed by atoms with Gasteiger partial charge in [-0.2, -0.15) is 9.37 Å². The molecule has 0 aliphatic rings. The summed E-state index contributed by atoms with van der Waals surface area (Å²) in [4.78, 5) is 3.63. The lowest BCUT2D eigenvalue weighted by atomic mass is 10.1. The van der Waals surface area contributed by atoms with Gasteiger partial charge in [0.2, 0.25) is 11.8 Å². The molecular formula is C13H12FNO. The van der Waals surface area contributed by atoms with E-state index in [1.54, 1.807) is 12.1 Å². The minimum Gasteiger partial charge on any atom is -0.439 e. The van der Waals surface area contributed by atoms with E-state index in [0.717, 1.165) is 5.56 Å². The lowest BCUT2D eigenvalue weighted by Crippen LogP contribution is -1.91. The van der Waals surface area contributed by atoms with Gasteiger partial charge in [0.05, 0.1) is 0 Å². The number of benzene rings is 1. The molecule has 0 unspecified atom stereocenters. The quantitative estimate of drug-likeness (QED) is 0.716. The Bertz CT molecular complexity index is 511. The molecule has 0 fully saturated rings. The number of aromatic nitrogens is 1. The van der Waals surface area contributed by atoms with Crippen LogP contribution in [0.25, 0.3) is 0 Å². The Morgan fingerprint density at radius 2 is 1.88 bits per heavy atom. The molecule has 0 spiro atoms. The largest absolute Gasteiger partial charge is 0.439 e. The maximum Gasteiger partial charge on any atom is 0.221 e. The summed E-state index contributed by atoms with van der Waals surface area (Å²) in [6.07, 6.45) is 0. The van der Waals surface area contributed by atoms with E-state index in [-0.39, 0.29) is 5.88 Å². The van der Waals surface area contributed by atoms with Crippen LogP contribution in [0.2, 0.25) is 0 Å². The molecule has 0 radical (unpaired) electrons. The zero-order chi connectivity index (χ0) is 11.5. The van der Waals surface area contributed by atoms with Crippen LogP contribution in [0.5, 0.6) is 11.6 Å². The SMILES string of the molecule is Cc1ccc(Oc2cccc(F)n2)cc1C. The normalized spacial score (nSPS) is 10.2. The van der Waals surface area contributed by atoms with Gasteiger partial charge in [-0.05, 0) is 43.2 Å². The average Bonchev–Trinajstić information content (AvgIpc) is 2.24. The second kappa shape index (κ2) is 4.31. The minimum absolute atomic E-state index is 0.267. The van der Waals surface area contributed by atoms with Crippen molar-refractivity contribution in [3.63, 3.8) is 0 Å². The maximum atomic E-state index is 12.8. The first kappa shape index (κ1) is 10.6. The van der Waals surface area contributed by atoms with Crippen LogP contribution in [0, 0.1) is 19.8 Å². The van der Waals surface area contributed by atoms with Crippen LogP contribution < -0.4 is 4.74 Å². The van der Waals surface area contributed by atoms with Crippen molar-refractivity contribution in [3.8, 4) is 11.6 Å². The zero-order valence-electron chi connectivity index (χ0n) is 9.20. The van der Waals surface area contributed by atoms with E-state index in [2.05, 4.69) is 4.98 Å². The Morgan fingerprint density at radius 1 is 1.06 bits per heavy atom. The van der Waals surface area contributed by atoms with Crippen molar-refractivity contribution in [1.82, 2.24) is 4.98 Å². The summed E-state index contributed by atoms with van der Waals surface area (Å²) in [5.74, 6) is 0.394. The predicted molar refractivity (Wildman–Crippen MR) is 60.2 cm³/mol. The molecule has 0 amide bonds. The van der Waals surface area contributed by atoms with Crippen LogP contribution in [0.4, 0.5) is 4.39 Å². The molecule has 0 aliphatic heterocycles. The predicted octanol–water partition coefficient (Wildman–Crippen LogP) is 3.63. The topological polar surface area (TPSA) is 22.1 Å². The van der Waals surface area contributed by atoms with Gasteiger partial charge in [0.1, 0.15) is 5.75 Å². The summed E-state index contributed by atoms with van der Waals surface area (Å²) in [7, 11) is 0. The number of halogens is 1. The maximum absolute atomic E-state index is 12.8. The number of nitrogens with zero attached hydrogens (tertiary/aromatic N) is 1. The molecule has 16 heavy (non-hydrogen) atoms. The molecular weight excluding hydrogens is 205 g/mol. The molecule has 2 aromatic rings. The molecule has 0 aliphatic carbocycles. The number of rotatable bonds is 2. The third-order valence-corrected chi connectivity index (χ3v) is 2.39. The fourth-order valence-electron chi connectivity index (χ4n) is 1.34. The first-order chi connectivity index (χ1) is 7.65. The van der Waals surface area contributed by atoms with Crippen molar-refractivity contribution in [1.29, 1.82) is 0 Å². The van der Waals surface area contributed by atoms with Gasteiger partial charge in [0, 0.05) is 6.07 Å². The third-order valence-electron chi connectivity index (χ3n) is 2.39. The highest BCUT2D eigenvalue weighted by molar-refractivity contribution is 5.35. The Labute approximate surface area is 93.7 Å². The summed E-state index contributed by atoms with van der Waals surface area (Å²) < 4.78 is 18.3. The number of hydrogen-bond donors (Lipinski definition) is 0. The molecule has 0 saturated carbocycles. The lowest BCUT2D eigenvalue weighted by Gasteiger charge is -2.06. The number of pyridine rings is 1. The van der Waals surface area contributed by atoms with Gasteiger partial charge in [0.15, 0.2) is 0 Å². The van der Waals surface area contributed by atoms with Crippen molar-refractivity contribution in [2.75, 3.05) is 0 Å². The second-order valence-corrected chi connectivity index (χ2v) is 3.65. The summed E-state index contributed by atoms with van der Waals surface area (Å²) >= 11 is 0. The minimum atomic E-state index is -0.540. The van der Waals surface area contributed by atoms with Crippen molar-refractivity contribution in [2.45, 2.75) is 13.8 Å². The number of hydrogen-bond acceptors (Lipinski definition) is 2. The second-order valence-electron chi connectivity index (χ2n) is 3.65. The molecule has 2 nitrogen and oxygen atoms in total. The molecule has 0 N–H and O–H groups in total. The van der Waals surface area contributed by atoms with Gasteiger partial charge in [-0.3, -0.25) is 0 Å². The smallest absolute Gasteiger partial charge is 0.221 e. The summed E-state index contributed by atoms with van der Waals surface area (Å²) in [5, 5.41) is 0. The Balaban J connectivity index is 2.24. The fraction of sp³-hybridized carbons (Fsp3) is 0.154. The molecule has 3 heteroatoms. The van der Waals surface area contributed by atoms with Crippen LogP contribution in [-0.2, 0) is 0 Å². The van der Waals surface area contributed by atoms with Crippen LogP contribution in [0.1, 0.15) is 11.1 Å². The highest BCUT2D eigenvalue weighted by atomic mass is 19.1. The van der Waals surface area contributed by atoms with Gasteiger partial charge >= 0.3 is 0 Å². The van der Waals surface area contributed by atoms with E-state index in [0.29, 0.717) is 5.75 Å². The number of ether oxygens (including phenoxy) is 1. The van der Waals surface area contributed by atoms with E-state index in [4.69, 9.17) is 4.74 Å². The molecule has 1 aromatic carbocycles. The third kappa shape index (κ3) is 2.37. The molecule has 82 valence electrons. The van der Waals surface area contributed by atoms with Crippen molar-refractivity contribution in [3.05, 3.63) is 53.5 Å². The van der Waals surface area contributed by atoms with E-state index in [9.17, 15) is 4.39 Å². The molecule has 0 saturated heterocycles. The van der Waals surface area contributed by atoms with Crippen LogP contribution in [0.15, 0.2) is 36.4 Å². The molecule has 2 rings (SSSR count). The molecule has 1 aromatic heterocycles. The lowest BCUT2D eigenvalue weighted by molar-refractivity contribution is 0.445. The van der Waals surface area contributed by atoms with Gasteiger partial charge in [-0.15, -0.1) is 0 Å². The van der Waals surface area contributed by atoms with Crippen molar-refractivity contribution >= 4 is 0 Å². The van der Waals surface area contributed by atoms with E-state index < -0.39 is 5.95 Å². The zero-order valence-corrected chi connectivity index (χ0v) is 9.20. The Hall–Kier alpha value is -1.90. The first-order valence-electron chi connectivity index (χ1n) is 5.03. The van der Waals surface area contributed by atoms with E-state index in [1.807, 2.05) is 32.0 Å². The highest BCUT2D eigenvalue weighted by Gasteiger charge is 2.01. The standard InChI is InChI=1S/C13H12FNO/c1-9-6-7-11(8-10(9)2)16-13-5-3-4-12(14)15-13/h3-8H,1-2H3. The molecule has 0 bridgehead atoms. The Morgan fingerprint density at radius 3 is 2.56 bits per heavy atom.